The van der Waals surface area contributed by atoms with Gasteiger partial charge in [0.05, 0.1) is 0 Å². The molecule has 3 rings (SSSR count). The molecule has 0 bridgehead atoms. The van der Waals surface area contributed by atoms with Gasteiger partial charge in [-0.05, 0) is 35.2 Å². The van der Waals surface area contributed by atoms with Crippen LogP contribution in [-0.2, 0) is 23.0 Å². The van der Waals surface area contributed by atoms with E-state index in [4.69, 9.17) is 11.6 Å². The van der Waals surface area contributed by atoms with Gasteiger partial charge in [-0.15, -0.1) is 11.6 Å². The van der Waals surface area contributed by atoms with E-state index in [0.717, 1.165) is 30.8 Å². The van der Waals surface area contributed by atoms with E-state index in [1.54, 1.807) is 0 Å². The first-order valence-corrected chi connectivity index (χ1v) is 11.2. The Bertz CT molecular complexity index is 869. The molecule has 2 aromatic carbocycles. The molecule has 146 valence electrons. The number of nitrogens with zero attached hydrogens (tertiary/aromatic N) is 2. The zero-order valence-electron chi connectivity index (χ0n) is 15.7. The highest BCUT2D eigenvalue weighted by molar-refractivity contribution is 7.90. The summed E-state index contributed by atoms with van der Waals surface area (Å²) in [6, 6.07) is 16.7. The van der Waals surface area contributed by atoms with Gasteiger partial charge in [0.15, 0.2) is 0 Å². The fourth-order valence-electron chi connectivity index (χ4n) is 3.48. The monoisotopic (exact) mass is 407 g/mol. The van der Waals surface area contributed by atoms with Crippen LogP contribution in [0, 0.1) is 0 Å². The number of fused-ring (bicyclic) bond motifs is 1. The van der Waals surface area contributed by atoms with Crippen molar-refractivity contribution in [2.75, 3.05) is 37.3 Å². The number of sulfonamides is 1. The van der Waals surface area contributed by atoms with Crippen LogP contribution in [0.2, 0.25) is 0 Å². The van der Waals surface area contributed by atoms with E-state index < -0.39 is 15.2 Å². The van der Waals surface area contributed by atoms with E-state index in [1.165, 1.54) is 11.1 Å². The minimum atomic E-state index is -3.46. The average molecular weight is 408 g/mol. The minimum Gasteiger partial charge on any atom is -0.378 e. The lowest BCUT2D eigenvalue weighted by molar-refractivity contribution is 0.180. The van der Waals surface area contributed by atoms with Crippen LogP contribution in [0.15, 0.2) is 48.5 Å². The Labute approximate surface area is 167 Å². The lowest BCUT2D eigenvalue weighted by atomic mass is 9.96. The van der Waals surface area contributed by atoms with E-state index in [9.17, 15) is 8.42 Å². The highest BCUT2D eigenvalue weighted by Gasteiger charge is 2.26. The number of anilines is 1. The number of halogens is 1. The second kappa shape index (κ2) is 8.61. The second-order valence-electron chi connectivity index (χ2n) is 7.06. The van der Waals surface area contributed by atoms with Crippen LogP contribution < -0.4 is 9.62 Å². The molecule has 5 nitrogen and oxygen atoms in total. The van der Waals surface area contributed by atoms with Crippen molar-refractivity contribution in [2.45, 2.75) is 19.0 Å². The molecule has 0 amide bonds. The fraction of sp³-hybridized carbons (Fsp3) is 0.400. The third-order valence-corrected chi connectivity index (χ3v) is 6.79. The van der Waals surface area contributed by atoms with Gasteiger partial charge in [-0.2, -0.15) is 0 Å². The van der Waals surface area contributed by atoms with Crippen molar-refractivity contribution < 1.29 is 8.42 Å². The minimum absolute atomic E-state index is 0.0486. The maximum absolute atomic E-state index is 11.9. The molecule has 1 aliphatic heterocycles. The van der Waals surface area contributed by atoms with Crippen molar-refractivity contribution in [3.05, 3.63) is 65.2 Å². The molecule has 0 spiro atoms. The molecule has 0 aromatic heterocycles. The summed E-state index contributed by atoms with van der Waals surface area (Å²) in [5, 5.41) is -0.428. The summed E-state index contributed by atoms with van der Waals surface area (Å²) in [6.07, 6.45) is 0.963. The van der Waals surface area contributed by atoms with Gasteiger partial charge in [-0.1, -0.05) is 36.4 Å². The Morgan fingerprint density at radius 3 is 2.41 bits per heavy atom. The predicted molar refractivity (Wildman–Crippen MR) is 112 cm³/mol. The third-order valence-electron chi connectivity index (χ3n) is 5.04. The lowest BCUT2D eigenvalue weighted by Crippen LogP contribution is -2.40. The van der Waals surface area contributed by atoms with Crippen molar-refractivity contribution in [1.29, 1.82) is 0 Å². The fourth-order valence-corrected chi connectivity index (χ4v) is 4.20. The van der Waals surface area contributed by atoms with Crippen molar-refractivity contribution >= 4 is 27.3 Å². The van der Waals surface area contributed by atoms with E-state index >= 15 is 0 Å². The first-order chi connectivity index (χ1) is 12.9. The molecule has 27 heavy (non-hydrogen) atoms. The molecule has 0 radical (unpaired) electrons. The molecule has 0 saturated carbocycles. The van der Waals surface area contributed by atoms with Gasteiger partial charge in [-0.3, -0.25) is 4.90 Å². The molecule has 7 heteroatoms. The first-order valence-electron chi connectivity index (χ1n) is 9.01. The topological polar surface area (TPSA) is 52.7 Å². The molecule has 0 saturated heterocycles. The van der Waals surface area contributed by atoms with Gasteiger partial charge in [0.2, 0.25) is 10.0 Å². The van der Waals surface area contributed by atoms with Crippen LogP contribution in [0.25, 0.3) is 0 Å². The Kier molecular flexibility index (Phi) is 6.42. The summed E-state index contributed by atoms with van der Waals surface area (Å²) >= 11 is 5.56. The number of rotatable bonds is 7. The Morgan fingerprint density at radius 2 is 1.78 bits per heavy atom. The molecular formula is C20H26ClN3O2S. The summed E-state index contributed by atoms with van der Waals surface area (Å²) in [6.45, 7) is 2.00. The number of hydrogen-bond acceptors (Lipinski definition) is 4. The van der Waals surface area contributed by atoms with Crippen molar-refractivity contribution in [3.63, 3.8) is 0 Å². The van der Waals surface area contributed by atoms with Gasteiger partial charge in [0.25, 0.3) is 0 Å². The van der Waals surface area contributed by atoms with Crippen molar-refractivity contribution in [2.24, 2.45) is 0 Å². The van der Waals surface area contributed by atoms with Gasteiger partial charge >= 0.3 is 0 Å². The Morgan fingerprint density at radius 1 is 1.11 bits per heavy atom. The third kappa shape index (κ3) is 5.02. The standard InChI is InChI=1S/C20H26ClN3O2S/c1-23(2)19-9-7-17(8-10-19)20(13-22-27(25,26)15-21)24-12-11-16-5-3-4-6-18(16)14-24/h3-10,20,22H,11-15H2,1-2H3/t20-/m1/s1. The smallest absolute Gasteiger partial charge is 0.225 e. The van der Waals surface area contributed by atoms with E-state index in [1.807, 2.05) is 19.0 Å². The van der Waals surface area contributed by atoms with Crippen molar-refractivity contribution in [3.8, 4) is 0 Å². The van der Waals surface area contributed by atoms with Crippen LogP contribution >= 0.6 is 11.6 Å². The summed E-state index contributed by atoms with van der Waals surface area (Å²) in [4.78, 5) is 4.38. The molecule has 0 fully saturated rings. The van der Waals surface area contributed by atoms with Gasteiger partial charge in [0, 0.05) is 45.5 Å². The van der Waals surface area contributed by atoms with Crippen LogP contribution in [0.5, 0.6) is 0 Å². The Hall–Kier alpha value is -1.60. The second-order valence-corrected chi connectivity index (χ2v) is 9.45. The molecule has 1 aliphatic rings. The number of nitrogens with one attached hydrogen (secondary N) is 1. The summed E-state index contributed by atoms with van der Waals surface area (Å²) in [5.74, 6) is 0. The van der Waals surface area contributed by atoms with E-state index in [-0.39, 0.29) is 6.04 Å². The lowest BCUT2D eigenvalue weighted by Gasteiger charge is -2.36. The molecule has 0 unspecified atom stereocenters. The molecule has 1 N–H and O–H groups in total. The van der Waals surface area contributed by atoms with Crippen LogP contribution in [0.1, 0.15) is 22.7 Å². The highest BCUT2D eigenvalue weighted by Crippen LogP contribution is 2.29. The van der Waals surface area contributed by atoms with Gasteiger partial charge in [0.1, 0.15) is 5.21 Å². The summed E-state index contributed by atoms with van der Waals surface area (Å²) in [5.41, 5.74) is 4.88. The van der Waals surface area contributed by atoms with E-state index in [2.05, 4.69) is 58.2 Å². The number of benzene rings is 2. The molecule has 1 atom stereocenters. The number of hydrogen-bond donors (Lipinski definition) is 1. The Balaban J connectivity index is 1.85. The average Bonchev–Trinajstić information content (AvgIpc) is 2.68. The first kappa shape index (κ1) is 20.1. The van der Waals surface area contributed by atoms with Crippen LogP contribution in [0.4, 0.5) is 5.69 Å². The summed E-state index contributed by atoms with van der Waals surface area (Å²) in [7, 11) is 0.542. The maximum atomic E-state index is 11.9. The number of alkyl halides is 1. The maximum Gasteiger partial charge on any atom is 0.225 e. The summed E-state index contributed by atoms with van der Waals surface area (Å²) < 4.78 is 26.4. The largest absolute Gasteiger partial charge is 0.378 e. The molecule has 2 aromatic rings. The normalized spacial score (nSPS) is 16.0. The quantitative estimate of drug-likeness (QED) is 0.717. The SMILES string of the molecule is CN(C)c1ccc([C@@H](CNS(=O)(=O)CCl)N2CCc3ccccc3C2)cc1. The van der Waals surface area contributed by atoms with E-state index in [0.29, 0.717) is 6.54 Å². The van der Waals surface area contributed by atoms with Crippen LogP contribution in [0.3, 0.4) is 0 Å². The highest BCUT2D eigenvalue weighted by atomic mass is 35.5. The predicted octanol–water partition coefficient (Wildman–Crippen LogP) is 2.97. The zero-order chi connectivity index (χ0) is 19.4. The van der Waals surface area contributed by atoms with Crippen LogP contribution in [-0.4, -0.2) is 45.7 Å². The molecular weight excluding hydrogens is 382 g/mol. The molecule has 0 aliphatic carbocycles. The zero-order valence-corrected chi connectivity index (χ0v) is 17.3. The van der Waals surface area contributed by atoms with Gasteiger partial charge in [-0.25, -0.2) is 13.1 Å². The van der Waals surface area contributed by atoms with Crippen molar-refractivity contribution in [1.82, 2.24) is 9.62 Å². The molecule has 1 heterocycles. The van der Waals surface area contributed by atoms with Gasteiger partial charge < -0.3 is 4.90 Å².